The molecule has 1 aliphatic heterocycles. The lowest BCUT2D eigenvalue weighted by Crippen LogP contribution is -2.48. The molecule has 3 rings (SSSR count). The van der Waals surface area contributed by atoms with E-state index < -0.39 is 17.9 Å². The highest BCUT2D eigenvalue weighted by Crippen LogP contribution is 2.38. The Bertz CT molecular complexity index is 550. The molecule has 114 valence electrons. The maximum absolute atomic E-state index is 12.4. The molecule has 0 spiro atoms. The lowest BCUT2D eigenvalue weighted by molar-refractivity contribution is -0.153. The number of hydrogen-bond donors (Lipinski definition) is 1. The number of carbonyl (C=O) groups is 2. The second kappa shape index (κ2) is 5.50. The number of aromatic nitrogens is 2. The number of hydrogen-bond acceptors (Lipinski definition) is 3. The zero-order valence-electron chi connectivity index (χ0n) is 12.2. The van der Waals surface area contributed by atoms with Crippen LogP contribution in [0.3, 0.4) is 0 Å². The summed E-state index contributed by atoms with van der Waals surface area (Å²) in [6.07, 6.45) is 7.66. The van der Waals surface area contributed by atoms with Gasteiger partial charge in [0.15, 0.2) is 0 Å². The van der Waals surface area contributed by atoms with Gasteiger partial charge in [0.25, 0.3) is 0 Å². The predicted octanol–water partition coefficient (Wildman–Crippen LogP) is 1.58. The van der Waals surface area contributed by atoms with Crippen molar-refractivity contribution in [2.75, 3.05) is 6.54 Å². The van der Waals surface area contributed by atoms with Crippen molar-refractivity contribution in [3.05, 3.63) is 18.2 Å². The summed E-state index contributed by atoms with van der Waals surface area (Å²) in [5, 5.41) is 9.53. The van der Waals surface area contributed by atoms with E-state index in [-0.39, 0.29) is 5.91 Å². The van der Waals surface area contributed by atoms with Gasteiger partial charge in [-0.3, -0.25) is 9.59 Å². The van der Waals surface area contributed by atoms with Crippen molar-refractivity contribution in [3.63, 3.8) is 0 Å². The monoisotopic (exact) mass is 291 g/mol. The number of carboxylic acid groups (broad SMARTS) is 1. The van der Waals surface area contributed by atoms with Gasteiger partial charge in [-0.25, -0.2) is 4.98 Å². The van der Waals surface area contributed by atoms with Gasteiger partial charge in [-0.05, 0) is 25.2 Å². The minimum atomic E-state index is -0.839. The number of amides is 1. The molecule has 0 aromatic carbocycles. The number of nitrogens with zero attached hydrogens (tertiary/aromatic N) is 3. The highest BCUT2D eigenvalue weighted by atomic mass is 16.4. The fourth-order valence-corrected chi connectivity index (χ4v) is 3.36. The molecule has 2 aliphatic rings. The average Bonchev–Trinajstić information content (AvgIpc) is 2.80. The number of carbonyl (C=O) groups excluding carboxylic acids is 1. The standard InChI is InChI=1S/C15H21N3O3/c1-17-8-7-16-14(17)13-11(15(20)21)5-6-12(19)18(13)9-10-3-2-4-10/h7-8,10-11,13H,2-6,9H2,1H3,(H,20,21)/t11-,13-/m0/s1. The van der Waals surface area contributed by atoms with E-state index >= 15 is 0 Å². The molecule has 1 aromatic heterocycles. The number of aliphatic carboxylic acids is 1. The van der Waals surface area contributed by atoms with Crippen molar-refractivity contribution < 1.29 is 14.7 Å². The van der Waals surface area contributed by atoms with Gasteiger partial charge in [0.05, 0.1) is 5.92 Å². The molecular formula is C15H21N3O3. The Hall–Kier alpha value is -1.85. The van der Waals surface area contributed by atoms with Crippen molar-refractivity contribution in [1.29, 1.82) is 0 Å². The Morgan fingerprint density at radius 1 is 1.43 bits per heavy atom. The minimum Gasteiger partial charge on any atom is -0.481 e. The van der Waals surface area contributed by atoms with Gasteiger partial charge in [0.2, 0.25) is 5.91 Å². The van der Waals surface area contributed by atoms with Gasteiger partial charge in [-0.2, -0.15) is 0 Å². The molecule has 1 saturated carbocycles. The first-order chi connectivity index (χ1) is 10.1. The van der Waals surface area contributed by atoms with E-state index in [9.17, 15) is 14.7 Å². The molecule has 2 atom stereocenters. The average molecular weight is 291 g/mol. The topological polar surface area (TPSA) is 75.4 Å². The second-order valence-electron chi connectivity index (χ2n) is 6.17. The van der Waals surface area contributed by atoms with Gasteiger partial charge in [-0.15, -0.1) is 0 Å². The van der Waals surface area contributed by atoms with Crippen molar-refractivity contribution in [2.45, 2.75) is 38.1 Å². The molecule has 1 aromatic rings. The van der Waals surface area contributed by atoms with E-state index in [0.29, 0.717) is 31.1 Å². The largest absolute Gasteiger partial charge is 0.481 e. The van der Waals surface area contributed by atoms with Crippen molar-refractivity contribution in [1.82, 2.24) is 14.5 Å². The van der Waals surface area contributed by atoms with Crippen LogP contribution in [0.1, 0.15) is 44.0 Å². The van der Waals surface area contributed by atoms with Gasteiger partial charge in [0.1, 0.15) is 11.9 Å². The first kappa shape index (κ1) is 14.1. The zero-order valence-corrected chi connectivity index (χ0v) is 12.2. The highest BCUT2D eigenvalue weighted by Gasteiger charge is 2.43. The van der Waals surface area contributed by atoms with Crippen molar-refractivity contribution in [2.24, 2.45) is 18.9 Å². The summed E-state index contributed by atoms with van der Waals surface area (Å²) in [5.41, 5.74) is 0. The molecule has 6 nitrogen and oxygen atoms in total. The number of carboxylic acids is 1. The maximum atomic E-state index is 12.4. The molecule has 0 radical (unpaired) electrons. The molecule has 1 aliphatic carbocycles. The molecule has 1 saturated heterocycles. The van der Waals surface area contributed by atoms with E-state index in [4.69, 9.17) is 0 Å². The van der Waals surface area contributed by atoms with E-state index in [1.54, 1.807) is 17.3 Å². The van der Waals surface area contributed by atoms with Gasteiger partial charge in [0, 0.05) is 32.4 Å². The summed E-state index contributed by atoms with van der Waals surface area (Å²) in [5.74, 6) is -0.149. The molecule has 0 bridgehead atoms. The lowest BCUT2D eigenvalue weighted by Gasteiger charge is -2.42. The Kier molecular flexibility index (Phi) is 3.69. The van der Waals surface area contributed by atoms with Gasteiger partial charge >= 0.3 is 5.97 Å². The van der Waals surface area contributed by atoms with Crippen LogP contribution >= 0.6 is 0 Å². The van der Waals surface area contributed by atoms with E-state index in [1.165, 1.54) is 6.42 Å². The van der Waals surface area contributed by atoms with Crippen LogP contribution in [0.4, 0.5) is 0 Å². The number of imidazole rings is 1. The maximum Gasteiger partial charge on any atom is 0.309 e. The molecule has 2 fully saturated rings. The first-order valence-corrected chi connectivity index (χ1v) is 7.57. The number of piperidine rings is 1. The molecule has 21 heavy (non-hydrogen) atoms. The van der Waals surface area contributed by atoms with Crippen LogP contribution in [0, 0.1) is 11.8 Å². The van der Waals surface area contributed by atoms with Crippen LogP contribution < -0.4 is 0 Å². The summed E-state index contributed by atoms with van der Waals surface area (Å²) < 4.78 is 1.83. The van der Waals surface area contributed by atoms with Crippen molar-refractivity contribution in [3.8, 4) is 0 Å². The normalized spacial score (nSPS) is 26.7. The van der Waals surface area contributed by atoms with Gasteiger partial charge < -0.3 is 14.6 Å². The van der Waals surface area contributed by atoms with Crippen LogP contribution in [0.15, 0.2) is 12.4 Å². The zero-order chi connectivity index (χ0) is 15.0. The minimum absolute atomic E-state index is 0.0624. The third-order valence-electron chi connectivity index (χ3n) is 4.83. The summed E-state index contributed by atoms with van der Waals surface area (Å²) in [6.45, 7) is 0.667. The Morgan fingerprint density at radius 2 is 2.19 bits per heavy atom. The SMILES string of the molecule is Cn1ccnc1[C@@H]1[C@@H](C(=O)O)CCC(=O)N1CC1CCC1. The summed E-state index contributed by atoms with van der Waals surface area (Å²) in [6, 6.07) is -0.440. The smallest absolute Gasteiger partial charge is 0.309 e. The van der Waals surface area contributed by atoms with E-state index in [1.807, 2.05) is 11.6 Å². The third kappa shape index (κ3) is 2.54. The van der Waals surface area contributed by atoms with Crippen LogP contribution in [0.2, 0.25) is 0 Å². The van der Waals surface area contributed by atoms with Crippen molar-refractivity contribution >= 4 is 11.9 Å². The molecular weight excluding hydrogens is 270 g/mol. The Labute approximate surface area is 123 Å². The van der Waals surface area contributed by atoms with Crippen LogP contribution in [-0.2, 0) is 16.6 Å². The Balaban J connectivity index is 1.93. The fraction of sp³-hybridized carbons (Fsp3) is 0.667. The lowest BCUT2D eigenvalue weighted by atomic mass is 9.82. The quantitative estimate of drug-likeness (QED) is 0.914. The second-order valence-corrected chi connectivity index (χ2v) is 6.17. The molecule has 1 N–H and O–H groups in total. The summed E-state index contributed by atoms with van der Waals surface area (Å²) in [4.78, 5) is 30.1. The van der Waals surface area contributed by atoms with Crippen LogP contribution in [0.25, 0.3) is 0 Å². The molecule has 2 heterocycles. The highest BCUT2D eigenvalue weighted by molar-refractivity contribution is 5.81. The summed E-state index contributed by atoms with van der Waals surface area (Å²) in [7, 11) is 1.85. The van der Waals surface area contributed by atoms with Gasteiger partial charge in [-0.1, -0.05) is 6.42 Å². The van der Waals surface area contributed by atoms with Crippen LogP contribution in [-0.4, -0.2) is 38.0 Å². The molecule has 1 amide bonds. The Morgan fingerprint density at radius 3 is 2.71 bits per heavy atom. The molecule has 6 heteroatoms. The van der Waals surface area contributed by atoms with E-state index in [0.717, 1.165) is 12.8 Å². The number of aryl methyl sites for hydroxylation is 1. The summed E-state index contributed by atoms with van der Waals surface area (Å²) >= 11 is 0. The number of likely N-dealkylation sites (tertiary alicyclic amines) is 1. The van der Waals surface area contributed by atoms with E-state index in [2.05, 4.69) is 4.98 Å². The predicted molar refractivity (Wildman–Crippen MR) is 75.4 cm³/mol. The number of rotatable bonds is 4. The fourth-order valence-electron chi connectivity index (χ4n) is 3.36. The third-order valence-corrected chi connectivity index (χ3v) is 4.83. The first-order valence-electron chi connectivity index (χ1n) is 7.57. The van der Waals surface area contributed by atoms with Crippen LogP contribution in [0.5, 0.6) is 0 Å². The molecule has 0 unspecified atom stereocenters.